The fourth-order valence-corrected chi connectivity index (χ4v) is 3.11. The van der Waals surface area contributed by atoms with Crippen LogP contribution in [0.3, 0.4) is 0 Å². The third kappa shape index (κ3) is 1.24. The normalized spacial score (nSPS) is 20.2. The van der Waals surface area contributed by atoms with Gasteiger partial charge in [0.1, 0.15) is 5.60 Å². The van der Waals surface area contributed by atoms with Crippen molar-refractivity contribution in [3.8, 4) is 5.06 Å². The zero-order valence-electron chi connectivity index (χ0n) is 6.74. The van der Waals surface area contributed by atoms with Gasteiger partial charge in [-0.2, -0.15) is 11.8 Å². The highest BCUT2D eigenvalue weighted by Gasteiger charge is 2.38. The number of ether oxygens (including phenoxy) is 1. The molecule has 1 aromatic rings. The van der Waals surface area contributed by atoms with Gasteiger partial charge in [0.2, 0.25) is 0 Å². The van der Waals surface area contributed by atoms with Crippen molar-refractivity contribution in [3.63, 3.8) is 0 Å². The van der Waals surface area contributed by atoms with E-state index in [1.807, 2.05) is 12.1 Å². The SMILES string of the molecule is COc1ccc(C2(O)CSC2)s1. The van der Waals surface area contributed by atoms with E-state index in [0.717, 1.165) is 21.4 Å². The Hall–Kier alpha value is -0.190. The summed E-state index contributed by atoms with van der Waals surface area (Å²) in [5.41, 5.74) is -0.563. The molecule has 0 atom stereocenters. The van der Waals surface area contributed by atoms with Crippen LogP contribution in [0.5, 0.6) is 5.06 Å². The Morgan fingerprint density at radius 2 is 2.25 bits per heavy atom. The molecule has 2 nitrogen and oxygen atoms in total. The van der Waals surface area contributed by atoms with Gasteiger partial charge in [0.25, 0.3) is 0 Å². The first-order valence-corrected chi connectivity index (χ1v) is 5.66. The molecule has 0 spiro atoms. The van der Waals surface area contributed by atoms with Crippen molar-refractivity contribution in [2.45, 2.75) is 5.60 Å². The highest BCUT2D eigenvalue weighted by Crippen LogP contribution is 2.42. The largest absolute Gasteiger partial charge is 0.487 e. The fourth-order valence-electron chi connectivity index (χ4n) is 1.12. The Morgan fingerprint density at radius 1 is 1.50 bits per heavy atom. The molecule has 1 saturated heterocycles. The van der Waals surface area contributed by atoms with E-state index in [4.69, 9.17) is 4.74 Å². The van der Waals surface area contributed by atoms with E-state index in [2.05, 4.69) is 0 Å². The molecular formula is C8H10O2S2. The molecule has 0 aromatic carbocycles. The summed E-state index contributed by atoms with van der Waals surface area (Å²) >= 11 is 3.30. The minimum Gasteiger partial charge on any atom is -0.487 e. The molecule has 1 N–H and O–H groups in total. The molecule has 0 saturated carbocycles. The average Bonchev–Trinajstić information content (AvgIpc) is 2.48. The van der Waals surface area contributed by atoms with E-state index in [-0.39, 0.29) is 0 Å². The Morgan fingerprint density at radius 3 is 2.67 bits per heavy atom. The van der Waals surface area contributed by atoms with Crippen LogP contribution in [0.15, 0.2) is 12.1 Å². The van der Waals surface area contributed by atoms with Gasteiger partial charge in [-0.15, -0.1) is 11.3 Å². The van der Waals surface area contributed by atoms with Crippen LogP contribution in [0.4, 0.5) is 0 Å². The van der Waals surface area contributed by atoms with Gasteiger partial charge in [-0.05, 0) is 12.1 Å². The minimum absolute atomic E-state index is 0.563. The van der Waals surface area contributed by atoms with E-state index in [1.54, 1.807) is 18.9 Å². The molecule has 1 aliphatic heterocycles. The Labute approximate surface area is 79.6 Å². The molecule has 12 heavy (non-hydrogen) atoms. The van der Waals surface area contributed by atoms with Gasteiger partial charge >= 0.3 is 0 Å². The van der Waals surface area contributed by atoms with Crippen molar-refractivity contribution in [3.05, 3.63) is 17.0 Å². The van der Waals surface area contributed by atoms with E-state index >= 15 is 0 Å². The van der Waals surface area contributed by atoms with Crippen LogP contribution in [0.1, 0.15) is 4.88 Å². The Balaban J connectivity index is 2.22. The van der Waals surface area contributed by atoms with Gasteiger partial charge in [0.05, 0.1) is 7.11 Å². The topological polar surface area (TPSA) is 29.5 Å². The Bertz CT molecular complexity index is 278. The molecule has 0 unspecified atom stereocenters. The van der Waals surface area contributed by atoms with Crippen LogP contribution < -0.4 is 4.74 Å². The minimum atomic E-state index is -0.563. The zero-order chi connectivity index (χ0) is 8.60. The molecule has 0 bridgehead atoms. The van der Waals surface area contributed by atoms with Crippen LogP contribution in [0.25, 0.3) is 0 Å². The quantitative estimate of drug-likeness (QED) is 0.791. The summed E-state index contributed by atoms with van der Waals surface area (Å²) in [6, 6.07) is 3.85. The number of rotatable bonds is 2. The van der Waals surface area contributed by atoms with Crippen molar-refractivity contribution in [1.82, 2.24) is 0 Å². The summed E-state index contributed by atoms with van der Waals surface area (Å²) < 4.78 is 5.06. The van der Waals surface area contributed by atoms with Gasteiger partial charge < -0.3 is 9.84 Å². The van der Waals surface area contributed by atoms with Crippen LogP contribution >= 0.6 is 23.1 Å². The summed E-state index contributed by atoms with van der Waals surface area (Å²) in [7, 11) is 1.65. The van der Waals surface area contributed by atoms with Gasteiger partial charge in [-0.1, -0.05) is 0 Å². The number of hydrogen-bond acceptors (Lipinski definition) is 4. The van der Waals surface area contributed by atoms with Crippen molar-refractivity contribution in [2.75, 3.05) is 18.6 Å². The zero-order valence-corrected chi connectivity index (χ0v) is 8.37. The van der Waals surface area contributed by atoms with E-state index in [1.165, 1.54) is 11.3 Å². The lowest BCUT2D eigenvalue weighted by Gasteiger charge is -2.34. The predicted molar refractivity (Wildman–Crippen MR) is 52.1 cm³/mol. The maximum Gasteiger partial charge on any atom is 0.173 e. The number of methoxy groups -OCH3 is 1. The van der Waals surface area contributed by atoms with Crippen LogP contribution in [0.2, 0.25) is 0 Å². The standard InChI is InChI=1S/C8H10O2S2/c1-10-7-3-2-6(12-7)8(9)4-11-5-8/h2-3,9H,4-5H2,1H3. The molecule has 66 valence electrons. The summed E-state index contributed by atoms with van der Waals surface area (Å²) in [6.45, 7) is 0. The average molecular weight is 202 g/mol. The lowest BCUT2D eigenvalue weighted by Crippen LogP contribution is -2.38. The summed E-state index contributed by atoms with van der Waals surface area (Å²) in [6.07, 6.45) is 0. The van der Waals surface area contributed by atoms with Gasteiger partial charge in [-0.3, -0.25) is 0 Å². The number of hydrogen-bond donors (Lipinski definition) is 1. The summed E-state index contributed by atoms with van der Waals surface area (Å²) in [5.74, 6) is 1.63. The summed E-state index contributed by atoms with van der Waals surface area (Å²) in [5, 5.41) is 10.8. The second kappa shape index (κ2) is 2.94. The number of thioether (sulfide) groups is 1. The van der Waals surface area contributed by atoms with Crippen LogP contribution in [0, 0.1) is 0 Å². The van der Waals surface area contributed by atoms with E-state index < -0.39 is 5.60 Å². The maximum absolute atomic E-state index is 9.92. The van der Waals surface area contributed by atoms with E-state index in [9.17, 15) is 5.11 Å². The van der Waals surface area contributed by atoms with Crippen molar-refractivity contribution < 1.29 is 9.84 Å². The van der Waals surface area contributed by atoms with Crippen molar-refractivity contribution in [1.29, 1.82) is 0 Å². The fraction of sp³-hybridized carbons (Fsp3) is 0.500. The van der Waals surface area contributed by atoms with Crippen LogP contribution in [-0.2, 0) is 5.60 Å². The lowest BCUT2D eigenvalue weighted by atomic mass is 10.1. The van der Waals surface area contributed by atoms with Crippen molar-refractivity contribution in [2.24, 2.45) is 0 Å². The Kier molecular flexibility index (Phi) is 2.06. The molecule has 0 aliphatic carbocycles. The first-order valence-electron chi connectivity index (χ1n) is 3.69. The predicted octanol–water partition coefficient (Wildman–Crippen LogP) is 1.69. The molecular weight excluding hydrogens is 192 g/mol. The second-order valence-corrected chi connectivity index (χ2v) is 4.88. The molecule has 2 rings (SSSR count). The maximum atomic E-state index is 9.92. The smallest absolute Gasteiger partial charge is 0.173 e. The third-order valence-corrected chi connectivity index (χ3v) is 4.53. The summed E-state index contributed by atoms with van der Waals surface area (Å²) in [4.78, 5) is 1.03. The van der Waals surface area contributed by atoms with Gasteiger partial charge in [-0.25, -0.2) is 0 Å². The number of aliphatic hydroxyl groups is 1. The van der Waals surface area contributed by atoms with E-state index in [0.29, 0.717) is 0 Å². The number of thiophene rings is 1. The molecule has 2 heterocycles. The first kappa shape index (κ1) is 8.41. The monoisotopic (exact) mass is 202 g/mol. The lowest BCUT2D eigenvalue weighted by molar-refractivity contribution is 0.0808. The third-order valence-electron chi connectivity index (χ3n) is 1.92. The molecule has 0 radical (unpaired) electrons. The highest BCUT2D eigenvalue weighted by molar-refractivity contribution is 8.00. The van der Waals surface area contributed by atoms with Gasteiger partial charge in [0, 0.05) is 16.4 Å². The van der Waals surface area contributed by atoms with Gasteiger partial charge in [0.15, 0.2) is 5.06 Å². The molecule has 0 amide bonds. The molecule has 1 aromatic heterocycles. The first-order chi connectivity index (χ1) is 5.74. The molecule has 1 fully saturated rings. The van der Waals surface area contributed by atoms with Crippen molar-refractivity contribution >= 4 is 23.1 Å². The molecule has 4 heteroatoms. The highest BCUT2D eigenvalue weighted by atomic mass is 32.2. The molecule has 1 aliphatic rings. The van der Waals surface area contributed by atoms with Crippen LogP contribution in [-0.4, -0.2) is 23.7 Å². The second-order valence-electron chi connectivity index (χ2n) is 2.85.